The molecule has 0 amide bonds. The normalized spacial score (nSPS) is 32.4. The number of rotatable bonds is 5. The Hall–Kier alpha value is -0.130. The molecule has 5 heteroatoms. The van der Waals surface area contributed by atoms with E-state index in [1.165, 1.54) is 12.8 Å². The smallest absolute Gasteiger partial charge is 0.152 e. The second-order valence-electron chi connectivity index (χ2n) is 6.14. The molecule has 1 aliphatic heterocycles. The number of hydrogen-bond donors (Lipinski definition) is 1. The van der Waals surface area contributed by atoms with Crippen molar-refractivity contribution in [3.05, 3.63) is 0 Å². The van der Waals surface area contributed by atoms with Gasteiger partial charge in [-0.15, -0.1) is 0 Å². The number of hydrogen-bond acceptors (Lipinski definition) is 4. The highest BCUT2D eigenvalue weighted by atomic mass is 32.2. The van der Waals surface area contributed by atoms with Gasteiger partial charge >= 0.3 is 0 Å². The maximum absolute atomic E-state index is 11.4. The van der Waals surface area contributed by atoms with Crippen molar-refractivity contribution < 1.29 is 8.42 Å². The van der Waals surface area contributed by atoms with Crippen molar-refractivity contribution in [1.82, 2.24) is 10.2 Å². The second kappa shape index (κ2) is 5.88. The van der Waals surface area contributed by atoms with E-state index >= 15 is 0 Å². The van der Waals surface area contributed by atoms with Crippen LogP contribution in [0.15, 0.2) is 0 Å². The van der Waals surface area contributed by atoms with Crippen molar-refractivity contribution in [2.45, 2.75) is 32.7 Å². The molecule has 2 atom stereocenters. The summed E-state index contributed by atoms with van der Waals surface area (Å²) in [5, 5.41) is 3.53. The van der Waals surface area contributed by atoms with Crippen molar-refractivity contribution in [2.24, 2.45) is 11.8 Å². The van der Waals surface area contributed by atoms with Gasteiger partial charge in [-0.3, -0.25) is 4.90 Å². The minimum atomic E-state index is -2.74. The maximum Gasteiger partial charge on any atom is 0.152 e. The molecule has 2 fully saturated rings. The molecular weight excluding hydrogens is 248 g/mol. The highest BCUT2D eigenvalue weighted by Gasteiger charge is 2.37. The third-order valence-corrected chi connectivity index (χ3v) is 5.79. The molecular formula is C13H26N2O2S. The van der Waals surface area contributed by atoms with Crippen LogP contribution in [-0.4, -0.2) is 57.0 Å². The first-order chi connectivity index (χ1) is 8.48. The van der Waals surface area contributed by atoms with Crippen molar-refractivity contribution in [2.75, 3.05) is 37.7 Å². The van der Waals surface area contributed by atoms with Gasteiger partial charge in [0.1, 0.15) is 0 Å². The van der Waals surface area contributed by atoms with Crippen LogP contribution in [0.25, 0.3) is 0 Å². The summed E-state index contributed by atoms with van der Waals surface area (Å²) in [6.07, 6.45) is 2.53. The number of nitrogens with one attached hydrogen (secondary N) is 1. The summed E-state index contributed by atoms with van der Waals surface area (Å²) in [6, 6.07) is 0.625. The van der Waals surface area contributed by atoms with Gasteiger partial charge in [0.2, 0.25) is 0 Å². The molecule has 1 N–H and O–H groups in total. The van der Waals surface area contributed by atoms with E-state index in [9.17, 15) is 8.42 Å². The molecule has 0 aromatic carbocycles. The minimum absolute atomic E-state index is 0.357. The molecule has 4 nitrogen and oxygen atoms in total. The summed E-state index contributed by atoms with van der Waals surface area (Å²) < 4.78 is 22.8. The van der Waals surface area contributed by atoms with Crippen LogP contribution >= 0.6 is 0 Å². The highest BCUT2D eigenvalue weighted by molar-refractivity contribution is 7.91. The molecule has 1 aliphatic carbocycles. The Balaban J connectivity index is 1.73. The lowest BCUT2D eigenvalue weighted by Crippen LogP contribution is -2.55. The summed E-state index contributed by atoms with van der Waals surface area (Å²) in [6.45, 7) is 8.10. The Morgan fingerprint density at radius 1 is 1.22 bits per heavy atom. The Morgan fingerprint density at radius 3 is 2.39 bits per heavy atom. The van der Waals surface area contributed by atoms with E-state index in [1.54, 1.807) is 0 Å². The van der Waals surface area contributed by atoms with Crippen LogP contribution < -0.4 is 5.32 Å². The zero-order valence-electron chi connectivity index (χ0n) is 11.6. The fraction of sp³-hybridized carbons (Fsp3) is 1.00. The molecule has 2 unspecified atom stereocenters. The second-order valence-corrected chi connectivity index (χ2v) is 8.45. The van der Waals surface area contributed by atoms with Crippen molar-refractivity contribution in [1.29, 1.82) is 0 Å². The first kappa shape index (κ1) is 14.3. The average molecular weight is 274 g/mol. The quantitative estimate of drug-likeness (QED) is 0.803. The van der Waals surface area contributed by atoms with E-state index < -0.39 is 9.84 Å². The Morgan fingerprint density at radius 2 is 1.89 bits per heavy atom. The van der Waals surface area contributed by atoms with E-state index in [-0.39, 0.29) is 0 Å². The third kappa shape index (κ3) is 3.68. The topological polar surface area (TPSA) is 49.4 Å². The number of sulfone groups is 1. The van der Waals surface area contributed by atoms with E-state index in [4.69, 9.17) is 0 Å². The molecule has 0 radical (unpaired) electrons. The van der Waals surface area contributed by atoms with E-state index in [0.29, 0.717) is 23.5 Å². The zero-order valence-corrected chi connectivity index (χ0v) is 12.4. The van der Waals surface area contributed by atoms with Crippen molar-refractivity contribution >= 4 is 9.84 Å². The predicted octanol–water partition coefficient (Wildman–Crippen LogP) is 0.741. The van der Waals surface area contributed by atoms with Crippen molar-refractivity contribution in [3.63, 3.8) is 0 Å². The molecule has 2 aliphatic rings. The SMILES string of the molecule is CC(C)CNCC1CCC1N1CCS(=O)(=O)CC1. The zero-order chi connectivity index (χ0) is 13.2. The van der Waals surface area contributed by atoms with Gasteiger partial charge in [-0.2, -0.15) is 0 Å². The third-order valence-electron chi connectivity index (χ3n) is 4.18. The van der Waals surface area contributed by atoms with Crippen LogP contribution in [0.2, 0.25) is 0 Å². The summed E-state index contributed by atoms with van der Waals surface area (Å²) in [7, 11) is -2.74. The van der Waals surface area contributed by atoms with Crippen LogP contribution in [0.3, 0.4) is 0 Å². The van der Waals surface area contributed by atoms with Gasteiger partial charge in [0, 0.05) is 19.1 Å². The Bertz CT molecular complexity index is 353. The fourth-order valence-electron chi connectivity index (χ4n) is 2.89. The molecule has 2 rings (SSSR count). The van der Waals surface area contributed by atoms with Crippen LogP contribution in [0.4, 0.5) is 0 Å². The highest BCUT2D eigenvalue weighted by Crippen LogP contribution is 2.32. The molecule has 0 aromatic rings. The maximum atomic E-state index is 11.4. The Labute approximate surface area is 111 Å². The molecule has 1 saturated carbocycles. The minimum Gasteiger partial charge on any atom is -0.316 e. The van der Waals surface area contributed by atoms with Crippen molar-refractivity contribution in [3.8, 4) is 0 Å². The molecule has 0 spiro atoms. The lowest BCUT2D eigenvalue weighted by molar-refractivity contribution is 0.0686. The lowest BCUT2D eigenvalue weighted by atomic mass is 9.78. The van der Waals surface area contributed by atoms with Gasteiger partial charge < -0.3 is 5.32 Å². The standard InChI is InChI=1S/C13H26N2O2S/c1-11(2)9-14-10-12-3-4-13(12)15-5-7-18(16,17)8-6-15/h11-14H,3-10H2,1-2H3. The van der Waals surface area contributed by atoms with Gasteiger partial charge in [0.25, 0.3) is 0 Å². The van der Waals surface area contributed by atoms with E-state index in [0.717, 1.165) is 32.1 Å². The molecule has 1 saturated heterocycles. The van der Waals surface area contributed by atoms with Gasteiger partial charge in [-0.25, -0.2) is 8.42 Å². The summed E-state index contributed by atoms with van der Waals surface area (Å²) in [5.74, 6) is 2.14. The summed E-state index contributed by atoms with van der Waals surface area (Å²) >= 11 is 0. The van der Waals surface area contributed by atoms with E-state index in [1.807, 2.05) is 0 Å². The molecule has 0 bridgehead atoms. The molecule has 1 heterocycles. The fourth-order valence-corrected chi connectivity index (χ4v) is 4.12. The number of nitrogens with zero attached hydrogens (tertiary/aromatic N) is 1. The van der Waals surface area contributed by atoms with E-state index in [2.05, 4.69) is 24.1 Å². The monoisotopic (exact) mass is 274 g/mol. The lowest BCUT2D eigenvalue weighted by Gasteiger charge is -2.46. The molecule has 0 aromatic heterocycles. The van der Waals surface area contributed by atoms with Gasteiger partial charge in [0.05, 0.1) is 11.5 Å². The largest absolute Gasteiger partial charge is 0.316 e. The van der Waals surface area contributed by atoms with Gasteiger partial charge in [-0.1, -0.05) is 13.8 Å². The van der Waals surface area contributed by atoms with Gasteiger partial charge in [-0.05, 0) is 37.8 Å². The predicted molar refractivity (Wildman–Crippen MR) is 74.4 cm³/mol. The first-order valence-corrected chi connectivity index (χ1v) is 8.95. The molecule has 106 valence electrons. The average Bonchev–Trinajstić information content (AvgIpc) is 2.25. The van der Waals surface area contributed by atoms with Crippen LogP contribution in [-0.2, 0) is 9.84 Å². The Kier molecular flexibility index (Phi) is 4.67. The van der Waals surface area contributed by atoms with Crippen LogP contribution in [0.1, 0.15) is 26.7 Å². The van der Waals surface area contributed by atoms with Crippen LogP contribution in [0, 0.1) is 11.8 Å². The summed E-state index contributed by atoms with van der Waals surface area (Å²) in [5.41, 5.74) is 0. The van der Waals surface area contributed by atoms with Gasteiger partial charge in [0.15, 0.2) is 9.84 Å². The summed E-state index contributed by atoms with van der Waals surface area (Å²) in [4.78, 5) is 2.40. The molecule has 18 heavy (non-hydrogen) atoms. The first-order valence-electron chi connectivity index (χ1n) is 7.13. The van der Waals surface area contributed by atoms with Crippen LogP contribution in [0.5, 0.6) is 0 Å².